The molecule has 29 heavy (non-hydrogen) atoms. The van der Waals surface area contributed by atoms with Crippen LogP contribution in [0.5, 0.6) is 5.75 Å². The normalized spacial score (nSPS) is 15.1. The summed E-state index contributed by atoms with van der Waals surface area (Å²) in [6, 6.07) is 15.0. The van der Waals surface area contributed by atoms with Crippen LogP contribution in [0.25, 0.3) is 17.3 Å². The lowest BCUT2D eigenvalue weighted by Gasteiger charge is -2.12. The van der Waals surface area contributed by atoms with E-state index in [-0.39, 0.29) is 11.7 Å². The maximum absolute atomic E-state index is 13.0. The second kappa shape index (κ2) is 7.52. The van der Waals surface area contributed by atoms with Crippen molar-refractivity contribution in [3.05, 3.63) is 65.0 Å². The Balaban J connectivity index is 1.60. The van der Waals surface area contributed by atoms with Gasteiger partial charge in [0, 0.05) is 30.7 Å². The van der Waals surface area contributed by atoms with E-state index in [1.165, 1.54) is 16.3 Å². The predicted molar refractivity (Wildman–Crippen MR) is 119 cm³/mol. The molecule has 1 aliphatic heterocycles. The Hall–Kier alpha value is -3.45. The van der Waals surface area contributed by atoms with E-state index in [0.717, 1.165) is 11.3 Å². The SMILES string of the molecule is CC1=NN(c2nc(-c3ccccc3O)cs2)C(=O)C1=Cc1ccc(N(C)C)cc1. The third-order valence-electron chi connectivity index (χ3n) is 4.64. The van der Waals surface area contributed by atoms with E-state index >= 15 is 0 Å². The average Bonchev–Trinajstić information content (AvgIpc) is 3.29. The first-order valence-corrected chi connectivity index (χ1v) is 9.95. The van der Waals surface area contributed by atoms with Gasteiger partial charge in [0.25, 0.3) is 5.91 Å². The number of phenols is 1. The van der Waals surface area contributed by atoms with Gasteiger partial charge in [0.1, 0.15) is 5.75 Å². The topological polar surface area (TPSA) is 69.0 Å². The number of aromatic nitrogens is 1. The molecule has 0 saturated carbocycles. The summed E-state index contributed by atoms with van der Waals surface area (Å²) in [6.45, 7) is 1.81. The summed E-state index contributed by atoms with van der Waals surface area (Å²) in [5, 5.41) is 18.0. The highest BCUT2D eigenvalue weighted by atomic mass is 32.1. The van der Waals surface area contributed by atoms with Crippen LogP contribution >= 0.6 is 11.3 Å². The van der Waals surface area contributed by atoms with Crippen molar-refractivity contribution in [1.82, 2.24) is 4.98 Å². The lowest BCUT2D eigenvalue weighted by molar-refractivity contribution is -0.114. The maximum atomic E-state index is 13.0. The Morgan fingerprint density at radius 2 is 1.83 bits per heavy atom. The van der Waals surface area contributed by atoms with Gasteiger partial charge in [-0.05, 0) is 42.8 Å². The minimum absolute atomic E-state index is 0.151. The van der Waals surface area contributed by atoms with E-state index in [9.17, 15) is 9.90 Å². The van der Waals surface area contributed by atoms with E-state index in [4.69, 9.17) is 0 Å². The quantitative estimate of drug-likeness (QED) is 0.655. The Morgan fingerprint density at radius 1 is 1.10 bits per heavy atom. The molecule has 1 aliphatic rings. The molecule has 0 fully saturated rings. The van der Waals surface area contributed by atoms with Crippen molar-refractivity contribution < 1.29 is 9.90 Å². The largest absolute Gasteiger partial charge is 0.507 e. The zero-order chi connectivity index (χ0) is 20.5. The summed E-state index contributed by atoms with van der Waals surface area (Å²) in [4.78, 5) is 19.5. The van der Waals surface area contributed by atoms with Gasteiger partial charge in [-0.1, -0.05) is 24.3 Å². The fourth-order valence-electron chi connectivity index (χ4n) is 3.02. The molecular formula is C22H20N4O2S. The zero-order valence-corrected chi connectivity index (χ0v) is 17.1. The lowest BCUT2D eigenvalue weighted by atomic mass is 10.1. The summed E-state index contributed by atoms with van der Waals surface area (Å²) >= 11 is 1.31. The average molecular weight is 404 g/mol. The summed E-state index contributed by atoms with van der Waals surface area (Å²) in [6.07, 6.45) is 1.85. The smallest absolute Gasteiger partial charge is 0.282 e. The number of carbonyl (C=O) groups is 1. The van der Waals surface area contributed by atoms with Crippen LogP contribution in [0, 0.1) is 0 Å². The second-order valence-corrected chi connectivity index (χ2v) is 7.72. The molecule has 2 aromatic carbocycles. The maximum Gasteiger partial charge on any atom is 0.282 e. The number of thiazole rings is 1. The molecule has 7 heteroatoms. The van der Waals surface area contributed by atoms with Gasteiger partial charge in [-0.3, -0.25) is 4.79 Å². The van der Waals surface area contributed by atoms with Gasteiger partial charge in [0.2, 0.25) is 5.13 Å². The number of benzene rings is 2. The molecule has 0 saturated heterocycles. The van der Waals surface area contributed by atoms with E-state index < -0.39 is 0 Å². The fraction of sp³-hybridized carbons (Fsp3) is 0.136. The molecule has 0 aliphatic carbocycles. The number of phenolic OH excluding ortho intramolecular Hbond substituents is 1. The number of amides is 1. The summed E-state index contributed by atoms with van der Waals surface area (Å²) in [7, 11) is 3.97. The number of aromatic hydroxyl groups is 1. The van der Waals surface area contributed by atoms with Crippen LogP contribution in [0.2, 0.25) is 0 Å². The molecule has 6 nitrogen and oxygen atoms in total. The number of carbonyl (C=O) groups excluding carboxylic acids is 1. The van der Waals surface area contributed by atoms with Crippen molar-refractivity contribution in [1.29, 1.82) is 0 Å². The van der Waals surface area contributed by atoms with Crippen LogP contribution in [-0.2, 0) is 4.79 Å². The number of para-hydroxylation sites is 1. The Labute approximate surface area is 173 Å². The van der Waals surface area contributed by atoms with E-state index in [1.807, 2.05) is 67.7 Å². The van der Waals surface area contributed by atoms with Crippen molar-refractivity contribution in [2.24, 2.45) is 5.10 Å². The summed E-state index contributed by atoms with van der Waals surface area (Å²) in [5.74, 6) is -0.0593. The van der Waals surface area contributed by atoms with Gasteiger partial charge < -0.3 is 10.0 Å². The van der Waals surface area contributed by atoms with E-state index in [1.54, 1.807) is 18.2 Å². The predicted octanol–water partition coefficient (Wildman–Crippen LogP) is 4.39. The number of hydrogen-bond donors (Lipinski definition) is 1. The Bertz CT molecular complexity index is 1130. The van der Waals surface area contributed by atoms with Crippen LogP contribution in [-0.4, -0.2) is 35.8 Å². The molecule has 146 valence electrons. The lowest BCUT2D eigenvalue weighted by Crippen LogP contribution is -2.21. The molecule has 2 heterocycles. The van der Waals surface area contributed by atoms with Crippen LogP contribution in [0.3, 0.4) is 0 Å². The molecular weight excluding hydrogens is 384 g/mol. The molecule has 0 spiro atoms. The third kappa shape index (κ3) is 3.64. The first kappa shape index (κ1) is 18.9. The second-order valence-electron chi connectivity index (χ2n) is 6.88. The van der Waals surface area contributed by atoms with Crippen molar-refractivity contribution in [2.45, 2.75) is 6.92 Å². The number of anilines is 2. The first-order valence-electron chi connectivity index (χ1n) is 9.07. The first-order chi connectivity index (χ1) is 13.9. The number of hydrogen-bond acceptors (Lipinski definition) is 6. The molecule has 4 rings (SSSR count). The van der Waals surface area contributed by atoms with Crippen molar-refractivity contribution in [2.75, 3.05) is 24.0 Å². The summed E-state index contributed by atoms with van der Waals surface area (Å²) in [5.41, 5.74) is 4.45. The molecule has 0 bridgehead atoms. The minimum atomic E-state index is -0.211. The third-order valence-corrected chi connectivity index (χ3v) is 5.45. The number of hydrazone groups is 1. The molecule has 0 unspecified atom stereocenters. The zero-order valence-electron chi connectivity index (χ0n) is 16.3. The Kier molecular flexibility index (Phi) is 4.90. The van der Waals surface area contributed by atoms with Gasteiger partial charge in [0.15, 0.2) is 0 Å². The van der Waals surface area contributed by atoms with Gasteiger partial charge in [0.05, 0.1) is 17.0 Å². The van der Waals surface area contributed by atoms with Crippen LogP contribution < -0.4 is 9.91 Å². The van der Waals surface area contributed by atoms with Crippen molar-refractivity contribution in [3.8, 4) is 17.0 Å². The molecule has 1 N–H and O–H groups in total. The molecule has 0 atom stereocenters. The van der Waals surface area contributed by atoms with Crippen LogP contribution in [0.4, 0.5) is 10.8 Å². The molecule has 3 aromatic rings. The van der Waals surface area contributed by atoms with E-state index in [0.29, 0.717) is 27.7 Å². The van der Waals surface area contributed by atoms with Crippen LogP contribution in [0.1, 0.15) is 12.5 Å². The molecule has 1 aromatic heterocycles. The number of nitrogens with zero attached hydrogens (tertiary/aromatic N) is 4. The van der Waals surface area contributed by atoms with Gasteiger partial charge in [-0.2, -0.15) is 10.1 Å². The molecule has 0 radical (unpaired) electrons. The Morgan fingerprint density at radius 3 is 2.52 bits per heavy atom. The van der Waals surface area contributed by atoms with Crippen LogP contribution in [0.15, 0.2) is 64.6 Å². The van der Waals surface area contributed by atoms with E-state index in [2.05, 4.69) is 10.1 Å². The minimum Gasteiger partial charge on any atom is -0.507 e. The van der Waals surface area contributed by atoms with Gasteiger partial charge in [-0.25, -0.2) is 4.98 Å². The van der Waals surface area contributed by atoms with Crippen molar-refractivity contribution >= 4 is 39.9 Å². The standard InChI is InChI=1S/C22H20N4O2S/c1-14-18(12-15-8-10-16(11-9-15)25(2)3)21(28)26(24-14)22-23-19(13-29-22)17-6-4-5-7-20(17)27/h4-13,27H,1-3H3. The number of rotatable bonds is 4. The monoisotopic (exact) mass is 404 g/mol. The summed E-state index contributed by atoms with van der Waals surface area (Å²) < 4.78 is 0. The highest BCUT2D eigenvalue weighted by Crippen LogP contribution is 2.34. The highest BCUT2D eigenvalue weighted by molar-refractivity contribution is 7.14. The van der Waals surface area contributed by atoms with Gasteiger partial charge in [-0.15, -0.1) is 11.3 Å². The molecule has 1 amide bonds. The highest BCUT2D eigenvalue weighted by Gasteiger charge is 2.30. The fourth-order valence-corrected chi connectivity index (χ4v) is 3.80. The van der Waals surface area contributed by atoms with Gasteiger partial charge >= 0.3 is 0 Å². The van der Waals surface area contributed by atoms with Crippen molar-refractivity contribution in [3.63, 3.8) is 0 Å².